The second kappa shape index (κ2) is 6.11. The van der Waals surface area contributed by atoms with Crippen LogP contribution in [0.15, 0.2) is 22.6 Å². The maximum atomic E-state index is 10.9. The zero-order valence-corrected chi connectivity index (χ0v) is 11.9. The van der Waals surface area contributed by atoms with Gasteiger partial charge in [-0.25, -0.2) is 0 Å². The molecule has 6 nitrogen and oxygen atoms in total. The Kier molecular flexibility index (Phi) is 4.03. The van der Waals surface area contributed by atoms with E-state index in [4.69, 9.17) is 4.42 Å². The Morgan fingerprint density at radius 3 is 2.90 bits per heavy atom. The van der Waals surface area contributed by atoms with Crippen LogP contribution in [0.4, 0.5) is 11.7 Å². The smallest absolute Gasteiger partial charge is 0.298 e. The molecule has 112 valence electrons. The first-order valence-electron chi connectivity index (χ1n) is 7.52. The van der Waals surface area contributed by atoms with Gasteiger partial charge in [-0.15, -0.1) is 0 Å². The molecule has 1 fully saturated rings. The summed E-state index contributed by atoms with van der Waals surface area (Å²) >= 11 is 0. The van der Waals surface area contributed by atoms with Gasteiger partial charge in [-0.05, 0) is 18.4 Å². The van der Waals surface area contributed by atoms with Crippen molar-refractivity contribution in [3.05, 3.63) is 28.3 Å². The lowest BCUT2D eigenvalue weighted by molar-refractivity contribution is -0.383. The summed E-state index contributed by atoms with van der Waals surface area (Å²) in [6, 6.07) is 5.12. The summed E-state index contributed by atoms with van der Waals surface area (Å²) in [6.45, 7) is 0.797. The number of nitrogens with zero attached hydrogens (tertiary/aromatic N) is 2. The van der Waals surface area contributed by atoms with E-state index < -0.39 is 4.92 Å². The fourth-order valence-corrected chi connectivity index (χ4v) is 3.02. The summed E-state index contributed by atoms with van der Waals surface area (Å²) in [5.74, 6) is 0.782. The number of hydrogen-bond donors (Lipinski definition) is 1. The topological polar surface area (TPSA) is 81.2 Å². The first-order chi connectivity index (χ1) is 10.2. The highest BCUT2D eigenvalue weighted by Gasteiger charge is 2.18. The van der Waals surface area contributed by atoms with Crippen molar-refractivity contribution in [2.24, 2.45) is 5.92 Å². The Bertz CT molecular complexity index is 632. The molecule has 0 spiro atoms. The van der Waals surface area contributed by atoms with Crippen LogP contribution in [0.5, 0.6) is 0 Å². The number of anilines is 1. The number of aromatic nitrogens is 1. The maximum Gasteiger partial charge on any atom is 0.298 e. The number of hydrogen-bond acceptors (Lipinski definition) is 5. The maximum absolute atomic E-state index is 10.9. The lowest BCUT2D eigenvalue weighted by Crippen LogP contribution is -2.12. The molecular formula is C15H19N3O3. The van der Waals surface area contributed by atoms with Crippen molar-refractivity contribution >= 4 is 22.8 Å². The fourth-order valence-electron chi connectivity index (χ4n) is 3.02. The second-order valence-electron chi connectivity index (χ2n) is 5.62. The Morgan fingerprint density at radius 1 is 1.33 bits per heavy atom. The van der Waals surface area contributed by atoms with Crippen molar-refractivity contribution in [2.45, 2.75) is 38.5 Å². The monoisotopic (exact) mass is 289 g/mol. The quantitative estimate of drug-likeness (QED) is 0.661. The number of non-ortho nitro benzene ring substituents is 1. The molecule has 0 aliphatic heterocycles. The van der Waals surface area contributed by atoms with E-state index in [1.165, 1.54) is 38.2 Å². The first kappa shape index (κ1) is 13.9. The molecule has 0 saturated heterocycles. The average molecular weight is 289 g/mol. The third kappa shape index (κ3) is 3.15. The number of nitrogens with one attached hydrogen (secondary N) is 1. The molecule has 3 rings (SSSR count). The summed E-state index contributed by atoms with van der Waals surface area (Å²) in [4.78, 5) is 14.7. The molecule has 0 radical (unpaired) electrons. The van der Waals surface area contributed by atoms with Crippen LogP contribution in [0.25, 0.3) is 11.1 Å². The highest BCUT2D eigenvalue weighted by Crippen LogP contribution is 2.28. The Morgan fingerprint density at radius 2 is 2.14 bits per heavy atom. The average Bonchev–Trinajstić information content (AvgIpc) is 2.90. The largest absolute Gasteiger partial charge is 0.423 e. The normalized spacial score (nSPS) is 16.2. The molecule has 0 unspecified atom stereocenters. The Hall–Kier alpha value is -2.11. The van der Waals surface area contributed by atoms with E-state index in [1.54, 1.807) is 12.1 Å². The van der Waals surface area contributed by atoms with E-state index in [0.717, 1.165) is 18.9 Å². The molecule has 6 heteroatoms. The van der Waals surface area contributed by atoms with Crippen LogP contribution in [-0.2, 0) is 0 Å². The van der Waals surface area contributed by atoms with Gasteiger partial charge >= 0.3 is 0 Å². The van der Waals surface area contributed by atoms with E-state index in [9.17, 15) is 10.1 Å². The van der Waals surface area contributed by atoms with Crippen molar-refractivity contribution in [1.29, 1.82) is 0 Å². The minimum Gasteiger partial charge on any atom is -0.423 e. The van der Waals surface area contributed by atoms with Crippen LogP contribution in [-0.4, -0.2) is 16.5 Å². The lowest BCUT2D eigenvalue weighted by atomic mass is 9.87. The van der Waals surface area contributed by atoms with Gasteiger partial charge in [-0.3, -0.25) is 10.1 Å². The van der Waals surface area contributed by atoms with Crippen LogP contribution in [0, 0.1) is 16.0 Å². The zero-order valence-electron chi connectivity index (χ0n) is 11.9. The van der Waals surface area contributed by atoms with Gasteiger partial charge in [-0.2, -0.15) is 4.98 Å². The second-order valence-corrected chi connectivity index (χ2v) is 5.62. The van der Waals surface area contributed by atoms with Gasteiger partial charge in [0.1, 0.15) is 0 Å². The van der Waals surface area contributed by atoms with Crippen LogP contribution in [0.3, 0.4) is 0 Å². The third-order valence-corrected chi connectivity index (χ3v) is 4.15. The summed E-state index contributed by atoms with van der Waals surface area (Å²) in [7, 11) is 0. The molecule has 1 heterocycles. The molecule has 0 amide bonds. The number of oxazole rings is 1. The van der Waals surface area contributed by atoms with E-state index in [2.05, 4.69) is 10.3 Å². The van der Waals surface area contributed by atoms with Gasteiger partial charge in [0, 0.05) is 12.6 Å². The Balaban J connectivity index is 1.64. The molecule has 1 aliphatic carbocycles. The van der Waals surface area contributed by atoms with Crippen molar-refractivity contribution in [1.82, 2.24) is 4.98 Å². The minimum atomic E-state index is -0.434. The SMILES string of the molecule is O=[N+]([O-])c1cccc2oc(NCCC3CCCCC3)nc12. The van der Waals surface area contributed by atoms with E-state index in [-0.39, 0.29) is 5.69 Å². The van der Waals surface area contributed by atoms with Crippen LogP contribution >= 0.6 is 0 Å². The molecule has 0 bridgehead atoms. The summed E-state index contributed by atoms with van der Waals surface area (Å²) in [6.07, 6.45) is 7.74. The minimum absolute atomic E-state index is 0.0171. The fraction of sp³-hybridized carbons (Fsp3) is 0.533. The molecule has 1 saturated carbocycles. The molecule has 1 aliphatic rings. The molecule has 21 heavy (non-hydrogen) atoms. The van der Waals surface area contributed by atoms with Gasteiger partial charge in [0.15, 0.2) is 11.1 Å². The highest BCUT2D eigenvalue weighted by molar-refractivity contribution is 5.83. The summed E-state index contributed by atoms with van der Waals surface area (Å²) in [5, 5.41) is 14.1. The molecule has 1 aromatic carbocycles. The predicted octanol–water partition coefficient (Wildman–Crippen LogP) is 4.12. The Labute approximate surface area is 122 Å². The van der Waals surface area contributed by atoms with E-state index >= 15 is 0 Å². The van der Waals surface area contributed by atoms with E-state index in [0.29, 0.717) is 17.1 Å². The van der Waals surface area contributed by atoms with Crippen LogP contribution < -0.4 is 5.32 Å². The molecular weight excluding hydrogens is 270 g/mol. The standard InChI is InChI=1S/C15H19N3O3/c19-18(20)12-7-4-8-13-14(12)17-15(21-13)16-10-9-11-5-2-1-3-6-11/h4,7-8,11H,1-3,5-6,9-10H2,(H,16,17). The first-order valence-corrected chi connectivity index (χ1v) is 7.52. The molecule has 1 N–H and O–H groups in total. The van der Waals surface area contributed by atoms with E-state index in [1.807, 2.05) is 0 Å². The third-order valence-electron chi connectivity index (χ3n) is 4.15. The number of fused-ring (bicyclic) bond motifs is 1. The van der Waals surface area contributed by atoms with Gasteiger partial charge in [0.25, 0.3) is 11.7 Å². The van der Waals surface area contributed by atoms with Gasteiger partial charge in [0.2, 0.25) is 0 Å². The highest BCUT2D eigenvalue weighted by atomic mass is 16.6. The van der Waals surface area contributed by atoms with Crippen molar-refractivity contribution in [3.63, 3.8) is 0 Å². The zero-order chi connectivity index (χ0) is 14.7. The molecule has 2 aromatic rings. The summed E-state index contributed by atoms with van der Waals surface area (Å²) < 4.78 is 5.52. The molecule has 1 aromatic heterocycles. The van der Waals surface area contributed by atoms with Crippen molar-refractivity contribution in [3.8, 4) is 0 Å². The number of para-hydroxylation sites is 1. The predicted molar refractivity (Wildman–Crippen MR) is 80.3 cm³/mol. The van der Waals surface area contributed by atoms with Crippen molar-refractivity contribution in [2.75, 3.05) is 11.9 Å². The molecule has 0 atom stereocenters. The number of nitro benzene ring substituents is 1. The summed E-state index contributed by atoms with van der Waals surface area (Å²) in [5.41, 5.74) is 0.739. The number of nitro groups is 1. The van der Waals surface area contributed by atoms with Gasteiger partial charge < -0.3 is 9.73 Å². The van der Waals surface area contributed by atoms with Crippen molar-refractivity contribution < 1.29 is 9.34 Å². The lowest BCUT2D eigenvalue weighted by Gasteiger charge is -2.21. The van der Waals surface area contributed by atoms with Gasteiger partial charge in [0.05, 0.1) is 4.92 Å². The number of rotatable bonds is 5. The number of benzene rings is 1. The van der Waals surface area contributed by atoms with Crippen LogP contribution in [0.2, 0.25) is 0 Å². The van der Waals surface area contributed by atoms with Crippen LogP contribution in [0.1, 0.15) is 38.5 Å². The van der Waals surface area contributed by atoms with Gasteiger partial charge in [-0.1, -0.05) is 38.2 Å².